The molecule has 0 amide bonds. The number of nitrogens with zero attached hydrogens (tertiary/aromatic N) is 3. The van der Waals surface area contributed by atoms with E-state index in [1.807, 2.05) is 0 Å². The van der Waals surface area contributed by atoms with Crippen LogP contribution in [0.1, 0.15) is 10.4 Å². The van der Waals surface area contributed by atoms with Gasteiger partial charge in [-0.05, 0) is 36.4 Å². The minimum atomic E-state index is -4.25. The standard InChI is InChI=1S/C22H16Cl2N4O6S/c1-33-19-9-5-4-8-18(19)26-35(31,32)20-10-14(15(23)11-16(20)24)22(30)34-12-28-21(29)13-6-2-3-7-17(13)25-27-28/h2-11,26H,12H2,1H3. The van der Waals surface area contributed by atoms with Crippen LogP contribution in [-0.4, -0.2) is 36.5 Å². The molecule has 0 bridgehead atoms. The number of rotatable bonds is 7. The Balaban J connectivity index is 1.61. The van der Waals surface area contributed by atoms with Crippen LogP contribution in [0.4, 0.5) is 5.69 Å². The zero-order chi connectivity index (χ0) is 25.2. The molecule has 13 heteroatoms. The van der Waals surface area contributed by atoms with E-state index < -0.39 is 33.2 Å². The predicted molar refractivity (Wildman–Crippen MR) is 129 cm³/mol. The van der Waals surface area contributed by atoms with Gasteiger partial charge in [0.15, 0.2) is 6.73 Å². The van der Waals surface area contributed by atoms with E-state index in [4.69, 9.17) is 32.7 Å². The molecule has 1 N–H and O–H groups in total. The maximum Gasteiger partial charge on any atom is 0.341 e. The molecular formula is C22H16Cl2N4O6S. The third-order valence-corrected chi connectivity index (χ3v) is 6.97. The van der Waals surface area contributed by atoms with E-state index in [2.05, 4.69) is 15.0 Å². The van der Waals surface area contributed by atoms with Crippen molar-refractivity contribution in [2.45, 2.75) is 11.6 Å². The summed E-state index contributed by atoms with van der Waals surface area (Å²) in [5.74, 6) is -0.718. The zero-order valence-electron chi connectivity index (χ0n) is 17.9. The van der Waals surface area contributed by atoms with Crippen molar-refractivity contribution in [3.05, 3.63) is 86.6 Å². The Labute approximate surface area is 209 Å². The van der Waals surface area contributed by atoms with Gasteiger partial charge in [-0.2, -0.15) is 4.68 Å². The van der Waals surface area contributed by atoms with E-state index in [1.165, 1.54) is 13.2 Å². The number of methoxy groups -OCH3 is 1. The number of fused-ring (bicyclic) bond motifs is 1. The first-order chi connectivity index (χ1) is 16.7. The molecule has 0 aliphatic heterocycles. The number of sulfonamides is 1. The van der Waals surface area contributed by atoms with Crippen LogP contribution in [-0.2, 0) is 21.5 Å². The van der Waals surface area contributed by atoms with Gasteiger partial charge in [-0.1, -0.05) is 52.7 Å². The lowest BCUT2D eigenvalue weighted by Gasteiger charge is -2.14. The summed E-state index contributed by atoms with van der Waals surface area (Å²) in [6, 6.07) is 15.0. The zero-order valence-corrected chi connectivity index (χ0v) is 20.3. The van der Waals surface area contributed by atoms with Gasteiger partial charge in [-0.25, -0.2) is 13.2 Å². The lowest BCUT2D eigenvalue weighted by atomic mass is 10.2. The van der Waals surface area contributed by atoms with Crippen molar-refractivity contribution in [2.75, 3.05) is 11.8 Å². The molecule has 1 aromatic heterocycles. The second kappa shape index (κ2) is 9.90. The number of hydrogen-bond acceptors (Lipinski definition) is 8. The largest absolute Gasteiger partial charge is 0.495 e. The van der Waals surface area contributed by atoms with Gasteiger partial charge in [0.05, 0.1) is 33.8 Å². The minimum absolute atomic E-state index is 0.145. The number of halogens is 2. The summed E-state index contributed by atoms with van der Waals surface area (Å²) in [6.45, 7) is -0.573. The number of carbonyl (C=O) groups excluding carboxylic acids is 1. The highest BCUT2D eigenvalue weighted by molar-refractivity contribution is 7.92. The van der Waals surface area contributed by atoms with Gasteiger partial charge in [0, 0.05) is 0 Å². The Hall–Kier alpha value is -3.67. The maximum atomic E-state index is 13.0. The van der Waals surface area contributed by atoms with Gasteiger partial charge in [0.25, 0.3) is 15.6 Å². The molecule has 4 aromatic rings. The molecule has 0 radical (unpaired) electrons. The van der Waals surface area contributed by atoms with Crippen LogP contribution in [0, 0.1) is 0 Å². The Morgan fingerprint density at radius 3 is 2.54 bits per heavy atom. The maximum absolute atomic E-state index is 13.0. The predicted octanol–water partition coefficient (Wildman–Crippen LogP) is 3.72. The molecule has 1 heterocycles. The molecule has 0 saturated heterocycles. The molecule has 0 atom stereocenters. The van der Waals surface area contributed by atoms with Crippen LogP contribution in [0.3, 0.4) is 0 Å². The summed E-state index contributed by atoms with van der Waals surface area (Å²) in [4.78, 5) is 24.8. The molecule has 10 nitrogen and oxygen atoms in total. The molecule has 4 rings (SSSR count). The molecule has 0 fully saturated rings. The first kappa shape index (κ1) is 24.5. The number of nitrogens with one attached hydrogen (secondary N) is 1. The third kappa shape index (κ3) is 5.06. The number of esters is 1. The van der Waals surface area contributed by atoms with Crippen molar-refractivity contribution >= 4 is 55.8 Å². The highest BCUT2D eigenvalue weighted by atomic mass is 35.5. The van der Waals surface area contributed by atoms with Crippen LogP contribution >= 0.6 is 23.2 Å². The van der Waals surface area contributed by atoms with Crippen molar-refractivity contribution in [3.63, 3.8) is 0 Å². The summed E-state index contributed by atoms with van der Waals surface area (Å²) < 4.78 is 39.5. The second-order valence-electron chi connectivity index (χ2n) is 7.04. The summed E-state index contributed by atoms with van der Waals surface area (Å²) in [5, 5.41) is 7.56. The van der Waals surface area contributed by atoms with Crippen LogP contribution < -0.4 is 15.0 Å². The van der Waals surface area contributed by atoms with Crippen LogP contribution in [0.15, 0.2) is 70.4 Å². The van der Waals surface area contributed by atoms with Crippen LogP contribution in [0.2, 0.25) is 10.0 Å². The molecule has 0 unspecified atom stereocenters. The van der Waals surface area contributed by atoms with E-state index in [-0.39, 0.29) is 27.0 Å². The fourth-order valence-corrected chi connectivity index (χ4v) is 5.05. The number of para-hydroxylation sites is 2. The first-order valence-corrected chi connectivity index (χ1v) is 12.1. The van der Waals surface area contributed by atoms with Crippen molar-refractivity contribution in [1.82, 2.24) is 15.0 Å². The quantitative estimate of drug-likeness (QED) is 0.355. The normalized spacial score (nSPS) is 11.3. The van der Waals surface area contributed by atoms with Crippen molar-refractivity contribution in [3.8, 4) is 5.75 Å². The number of anilines is 1. The number of hydrogen-bond donors (Lipinski definition) is 1. The smallest absolute Gasteiger partial charge is 0.341 e. The average molecular weight is 535 g/mol. The van der Waals surface area contributed by atoms with Crippen LogP contribution in [0.5, 0.6) is 5.75 Å². The van der Waals surface area contributed by atoms with E-state index in [0.717, 1.165) is 16.8 Å². The highest BCUT2D eigenvalue weighted by Gasteiger charge is 2.24. The minimum Gasteiger partial charge on any atom is -0.495 e. The second-order valence-corrected chi connectivity index (χ2v) is 9.51. The number of benzene rings is 3. The van der Waals surface area contributed by atoms with Crippen LogP contribution in [0.25, 0.3) is 10.9 Å². The van der Waals surface area contributed by atoms with Crippen molar-refractivity contribution < 1.29 is 22.7 Å². The number of carbonyl (C=O) groups is 1. The van der Waals surface area contributed by atoms with E-state index in [0.29, 0.717) is 10.9 Å². The Morgan fingerprint density at radius 2 is 1.77 bits per heavy atom. The van der Waals surface area contributed by atoms with E-state index in [1.54, 1.807) is 42.5 Å². The Morgan fingerprint density at radius 1 is 1.06 bits per heavy atom. The molecule has 0 aliphatic carbocycles. The lowest BCUT2D eigenvalue weighted by molar-refractivity contribution is 0.0336. The number of aromatic nitrogens is 3. The van der Waals surface area contributed by atoms with Gasteiger partial charge >= 0.3 is 5.97 Å². The first-order valence-electron chi connectivity index (χ1n) is 9.86. The van der Waals surface area contributed by atoms with Gasteiger partial charge in [0.1, 0.15) is 16.2 Å². The summed E-state index contributed by atoms with van der Waals surface area (Å²) in [6.07, 6.45) is 0. The van der Waals surface area contributed by atoms with Gasteiger partial charge in [-0.15, -0.1) is 5.10 Å². The molecule has 3 aromatic carbocycles. The fraction of sp³-hybridized carbons (Fsp3) is 0.0909. The SMILES string of the molecule is COc1ccccc1NS(=O)(=O)c1cc(C(=O)OCn2nnc3ccccc3c2=O)c(Cl)cc1Cl. The van der Waals surface area contributed by atoms with Crippen molar-refractivity contribution in [2.24, 2.45) is 0 Å². The molecule has 0 aliphatic rings. The van der Waals surface area contributed by atoms with Gasteiger partial charge < -0.3 is 9.47 Å². The number of ether oxygens (including phenoxy) is 2. The average Bonchev–Trinajstić information content (AvgIpc) is 2.83. The molecular weight excluding hydrogens is 519 g/mol. The van der Waals surface area contributed by atoms with E-state index >= 15 is 0 Å². The lowest BCUT2D eigenvalue weighted by Crippen LogP contribution is -2.26. The topological polar surface area (TPSA) is 129 Å². The molecule has 35 heavy (non-hydrogen) atoms. The Kier molecular flexibility index (Phi) is 6.92. The highest BCUT2D eigenvalue weighted by Crippen LogP contribution is 2.32. The molecule has 0 saturated carbocycles. The monoisotopic (exact) mass is 534 g/mol. The third-order valence-electron chi connectivity index (χ3n) is 4.83. The van der Waals surface area contributed by atoms with Crippen molar-refractivity contribution in [1.29, 1.82) is 0 Å². The Bertz CT molecular complexity index is 1610. The molecule has 180 valence electrons. The summed E-state index contributed by atoms with van der Waals surface area (Å²) in [7, 11) is -2.86. The fourth-order valence-electron chi connectivity index (χ4n) is 3.13. The van der Waals surface area contributed by atoms with E-state index in [9.17, 15) is 18.0 Å². The van der Waals surface area contributed by atoms with Gasteiger partial charge in [-0.3, -0.25) is 9.52 Å². The molecule has 0 spiro atoms. The summed E-state index contributed by atoms with van der Waals surface area (Å²) >= 11 is 12.3. The van der Waals surface area contributed by atoms with Gasteiger partial charge in [0.2, 0.25) is 0 Å². The summed E-state index contributed by atoms with van der Waals surface area (Å²) in [5.41, 5.74) is -0.245.